The topological polar surface area (TPSA) is 55.6 Å². The lowest BCUT2D eigenvalue weighted by molar-refractivity contribution is -0.130. The first-order valence-electron chi connectivity index (χ1n) is 7.79. The SMILES string of the molecule is Cc1ccc(C)c(OCCCCC(=O)N2CC[C@H](N)C2)c1. The summed E-state index contributed by atoms with van der Waals surface area (Å²) in [5.41, 5.74) is 8.18. The molecule has 116 valence electrons. The number of amides is 1. The molecular formula is C17H26N2O2. The number of nitrogens with two attached hydrogens (primary N) is 1. The Morgan fingerprint density at radius 2 is 2.19 bits per heavy atom. The molecule has 1 atom stereocenters. The quantitative estimate of drug-likeness (QED) is 0.819. The number of unbranched alkanes of at least 4 members (excludes halogenated alkanes) is 1. The van der Waals surface area contributed by atoms with Crippen LogP contribution in [0.25, 0.3) is 0 Å². The molecule has 1 fully saturated rings. The lowest BCUT2D eigenvalue weighted by Crippen LogP contribution is -2.31. The van der Waals surface area contributed by atoms with Crippen molar-refractivity contribution in [3.05, 3.63) is 29.3 Å². The zero-order chi connectivity index (χ0) is 15.2. The van der Waals surface area contributed by atoms with Gasteiger partial charge >= 0.3 is 0 Å². The smallest absolute Gasteiger partial charge is 0.222 e. The Kier molecular flexibility index (Phi) is 5.62. The van der Waals surface area contributed by atoms with E-state index >= 15 is 0 Å². The summed E-state index contributed by atoms with van der Waals surface area (Å²) < 4.78 is 5.80. The molecule has 21 heavy (non-hydrogen) atoms. The van der Waals surface area contributed by atoms with Crippen LogP contribution in [0.4, 0.5) is 0 Å². The van der Waals surface area contributed by atoms with E-state index in [1.54, 1.807) is 0 Å². The Morgan fingerprint density at radius 3 is 2.90 bits per heavy atom. The predicted molar refractivity (Wildman–Crippen MR) is 84.4 cm³/mol. The number of likely N-dealkylation sites (tertiary alicyclic amines) is 1. The molecule has 0 saturated carbocycles. The van der Waals surface area contributed by atoms with E-state index < -0.39 is 0 Å². The van der Waals surface area contributed by atoms with Gasteiger partial charge in [-0.15, -0.1) is 0 Å². The molecule has 0 aliphatic carbocycles. The summed E-state index contributed by atoms with van der Waals surface area (Å²) in [6, 6.07) is 6.39. The van der Waals surface area contributed by atoms with E-state index in [0.717, 1.165) is 43.7 Å². The highest BCUT2D eigenvalue weighted by Gasteiger charge is 2.22. The summed E-state index contributed by atoms with van der Waals surface area (Å²) in [6.07, 6.45) is 3.30. The molecule has 4 nitrogen and oxygen atoms in total. The van der Waals surface area contributed by atoms with Gasteiger partial charge in [-0.3, -0.25) is 4.79 Å². The molecule has 0 unspecified atom stereocenters. The predicted octanol–water partition coefficient (Wildman–Crippen LogP) is 2.41. The number of nitrogens with zero attached hydrogens (tertiary/aromatic N) is 1. The molecule has 4 heteroatoms. The number of carbonyl (C=O) groups is 1. The molecule has 1 heterocycles. The molecule has 2 N–H and O–H groups in total. The zero-order valence-electron chi connectivity index (χ0n) is 13.1. The number of rotatable bonds is 6. The van der Waals surface area contributed by atoms with Gasteiger partial charge in [-0.1, -0.05) is 12.1 Å². The van der Waals surface area contributed by atoms with Gasteiger partial charge in [0.15, 0.2) is 0 Å². The van der Waals surface area contributed by atoms with Crippen molar-refractivity contribution in [1.82, 2.24) is 4.90 Å². The van der Waals surface area contributed by atoms with Crippen LogP contribution in [-0.4, -0.2) is 36.5 Å². The van der Waals surface area contributed by atoms with E-state index in [2.05, 4.69) is 32.0 Å². The molecule has 0 spiro atoms. The van der Waals surface area contributed by atoms with Crippen LogP contribution in [0.3, 0.4) is 0 Å². The van der Waals surface area contributed by atoms with Crippen LogP contribution >= 0.6 is 0 Å². The Balaban J connectivity index is 1.64. The molecule has 1 amide bonds. The fraction of sp³-hybridized carbons (Fsp3) is 0.588. The van der Waals surface area contributed by atoms with Crippen LogP contribution in [0, 0.1) is 13.8 Å². The van der Waals surface area contributed by atoms with Crippen molar-refractivity contribution in [2.24, 2.45) is 5.73 Å². The van der Waals surface area contributed by atoms with Crippen LogP contribution in [0.2, 0.25) is 0 Å². The Bertz CT molecular complexity index is 488. The molecular weight excluding hydrogens is 264 g/mol. The van der Waals surface area contributed by atoms with Crippen molar-refractivity contribution in [3.8, 4) is 5.75 Å². The van der Waals surface area contributed by atoms with E-state index in [4.69, 9.17) is 10.5 Å². The second-order valence-corrected chi connectivity index (χ2v) is 5.96. The van der Waals surface area contributed by atoms with Crippen LogP contribution in [-0.2, 0) is 4.79 Å². The Labute approximate surface area is 127 Å². The molecule has 1 aliphatic rings. The van der Waals surface area contributed by atoms with Gasteiger partial charge in [0.2, 0.25) is 5.91 Å². The average Bonchev–Trinajstić information content (AvgIpc) is 2.88. The second kappa shape index (κ2) is 7.46. The zero-order valence-corrected chi connectivity index (χ0v) is 13.1. The van der Waals surface area contributed by atoms with Gasteiger partial charge in [0.1, 0.15) is 5.75 Å². The monoisotopic (exact) mass is 290 g/mol. The highest BCUT2D eigenvalue weighted by molar-refractivity contribution is 5.76. The van der Waals surface area contributed by atoms with Crippen LogP contribution < -0.4 is 10.5 Å². The first kappa shape index (κ1) is 15.8. The molecule has 1 aromatic rings. The van der Waals surface area contributed by atoms with Crippen molar-refractivity contribution in [2.45, 2.75) is 45.6 Å². The summed E-state index contributed by atoms with van der Waals surface area (Å²) in [5.74, 6) is 1.18. The van der Waals surface area contributed by atoms with Crippen molar-refractivity contribution in [2.75, 3.05) is 19.7 Å². The maximum absolute atomic E-state index is 12.0. The number of hydrogen-bond donors (Lipinski definition) is 1. The van der Waals surface area contributed by atoms with Gasteiger partial charge in [0.25, 0.3) is 0 Å². The fourth-order valence-electron chi connectivity index (χ4n) is 2.60. The van der Waals surface area contributed by atoms with E-state index in [1.165, 1.54) is 5.56 Å². The number of aryl methyl sites for hydroxylation is 2. The normalized spacial score (nSPS) is 18.0. The van der Waals surface area contributed by atoms with Crippen molar-refractivity contribution >= 4 is 5.91 Å². The molecule has 1 aliphatic heterocycles. The van der Waals surface area contributed by atoms with Gasteiger partial charge < -0.3 is 15.4 Å². The number of ether oxygens (including phenoxy) is 1. The van der Waals surface area contributed by atoms with Gasteiger partial charge in [-0.05, 0) is 50.3 Å². The maximum Gasteiger partial charge on any atom is 0.222 e. The first-order valence-corrected chi connectivity index (χ1v) is 7.79. The maximum atomic E-state index is 12.0. The minimum Gasteiger partial charge on any atom is -0.493 e. The minimum atomic E-state index is 0.168. The third kappa shape index (κ3) is 4.74. The third-order valence-electron chi connectivity index (χ3n) is 3.96. The van der Waals surface area contributed by atoms with Crippen LogP contribution in [0.15, 0.2) is 18.2 Å². The highest BCUT2D eigenvalue weighted by atomic mass is 16.5. The Hall–Kier alpha value is -1.55. The van der Waals surface area contributed by atoms with Gasteiger partial charge in [-0.25, -0.2) is 0 Å². The molecule has 2 rings (SSSR count). The minimum absolute atomic E-state index is 0.168. The van der Waals surface area contributed by atoms with E-state index in [0.29, 0.717) is 13.0 Å². The third-order valence-corrected chi connectivity index (χ3v) is 3.96. The van der Waals surface area contributed by atoms with E-state index in [-0.39, 0.29) is 11.9 Å². The van der Waals surface area contributed by atoms with Crippen molar-refractivity contribution in [1.29, 1.82) is 0 Å². The largest absolute Gasteiger partial charge is 0.493 e. The summed E-state index contributed by atoms with van der Waals surface area (Å²) in [6.45, 7) is 6.31. The second-order valence-electron chi connectivity index (χ2n) is 5.96. The molecule has 1 saturated heterocycles. The summed E-state index contributed by atoms with van der Waals surface area (Å²) in [7, 11) is 0. The molecule has 0 bridgehead atoms. The van der Waals surface area contributed by atoms with Gasteiger partial charge in [-0.2, -0.15) is 0 Å². The first-order chi connectivity index (χ1) is 10.1. The Morgan fingerprint density at radius 1 is 1.38 bits per heavy atom. The standard InChI is InChI=1S/C17H26N2O2/c1-13-6-7-14(2)16(11-13)21-10-4-3-5-17(20)19-9-8-15(18)12-19/h6-7,11,15H,3-5,8-10,12,18H2,1-2H3/t15-/m0/s1. The van der Waals surface area contributed by atoms with Crippen molar-refractivity contribution < 1.29 is 9.53 Å². The summed E-state index contributed by atoms with van der Waals surface area (Å²) in [5, 5.41) is 0. The summed E-state index contributed by atoms with van der Waals surface area (Å²) >= 11 is 0. The van der Waals surface area contributed by atoms with Crippen molar-refractivity contribution in [3.63, 3.8) is 0 Å². The van der Waals surface area contributed by atoms with Crippen LogP contribution in [0.1, 0.15) is 36.8 Å². The molecule has 1 aromatic carbocycles. The highest BCUT2D eigenvalue weighted by Crippen LogP contribution is 2.19. The van der Waals surface area contributed by atoms with Crippen LogP contribution in [0.5, 0.6) is 5.75 Å². The fourth-order valence-corrected chi connectivity index (χ4v) is 2.60. The van der Waals surface area contributed by atoms with E-state index in [9.17, 15) is 4.79 Å². The van der Waals surface area contributed by atoms with Gasteiger partial charge in [0.05, 0.1) is 6.61 Å². The van der Waals surface area contributed by atoms with Gasteiger partial charge in [0, 0.05) is 25.6 Å². The number of benzene rings is 1. The number of hydrogen-bond acceptors (Lipinski definition) is 3. The summed E-state index contributed by atoms with van der Waals surface area (Å²) in [4.78, 5) is 13.8. The molecule has 0 radical (unpaired) electrons. The number of carbonyl (C=O) groups excluding carboxylic acids is 1. The average molecular weight is 290 g/mol. The lowest BCUT2D eigenvalue weighted by Gasteiger charge is -2.15. The molecule has 0 aromatic heterocycles. The van der Waals surface area contributed by atoms with E-state index in [1.807, 2.05) is 4.90 Å². The lowest BCUT2D eigenvalue weighted by atomic mass is 10.1.